The van der Waals surface area contributed by atoms with Gasteiger partial charge in [-0.2, -0.15) is 0 Å². The number of esters is 3. The second-order valence-electron chi connectivity index (χ2n) is 14.5. The van der Waals surface area contributed by atoms with E-state index in [-0.39, 0.29) is 63.2 Å². The zero-order valence-electron chi connectivity index (χ0n) is 29.8. The first-order valence-electron chi connectivity index (χ1n) is 16.2. The molecule has 14 nitrogen and oxygen atoms in total. The van der Waals surface area contributed by atoms with Crippen LogP contribution in [0.3, 0.4) is 0 Å². The fourth-order valence-corrected chi connectivity index (χ4v) is 4.57. The predicted molar refractivity (Wildman–Crippen MR) is 174 cm³/mol. The van der Waals surface area contributed by atoms with Crippen molar-refractivity contribution in [2.24, 2.45) is 0 Å². The zero-order valence-corrected chi connectivity index (χ0v) is 29.8. The monoisotopic (exact) mass is 659 g/mol. The fraction of sp³-hybridized carbons (Fsp3) is 0.875. The van der Waals surface area contributed by atoms with E-state index in [1.54, 1.807) is 0 Å². The summed E-state index contributed by atoms with van der Waals surface area (Å²) >= 11 is 0. The summed E-state index contributed by atoms with van der Waals surface area (Å²) in [6, 6.07) is 0. The highest BCUT2D eigenvalue weighted by Gasteiger charge is 2.26. The molecule has 1 saturated heterocycles. The largest absolute Gasteiger partial charge is 0.459 e. The first-order valence-corrected chi connectivity index (χ1v) is 16.2. The van der Waals surface area contributed by atoms with E-state index in [1.807, 2.05) is 81.9 Å². The van der Waals surface area contributed by atoms with Gasteiger partial charge in [0.25, 0.3) is 0 Å². The van der Waals surface area contributed by atoms with Crippen molar-refractivity contribution in [3.63, 3.8) is 0 Å². The number of aliphatic hydroxyl groups excluding tert-OH is 1. The number of carbonyl (C=O) groups excluding carboxylic acids is 4. The van der Waals surface area contributed by atoms with Gasteiger partial charge in [0, 0.05) is 58.9 Å². The summed E-state index contributed by atoms with van der Waals surface area (Å²) in [7, 11) is 0. The summed E-state index contributed by atoms with van der Waals surface area (Å²) in [5.74, 6) is -1.24. The molecule has 268 valence electrons. The van der Waals surface area contributed by atoms with Crippen LogP contribution < -0.4 is 5.32 Å². The number of hydrogen-bond acceptors (Lipinski definition) is 13. The lowest BCUT2D eigenvalue weighted by molar-refractivity contribution is -0.158. The second-order valence-corrected chi connectivity index (χ2v) is 14.5. The molecule has 1 heterocycles. The average Bonchev–Trinajstić information content (AvgIpc) is 2.86. The Kier molecular flexibility index (Phi) is 18.2. The molecule has 14 heteroatoms. The maximum absolute atomic E-state index is 12.8. The number of aliphatic hydroxyl groups is 1. The van der Waals surface area contributed by atoms with Crippen LogP contribution in [-0.2, 0) is 38.1 Å². The minimum Gasteiger partial charge on any atom is -0.459 e. The molecule has 1 rings (SSSR count). The molecule has 1 aliphatic rings. The smallest absolute Gasteiger partial charge is 0.320 e. The maximum Gasteiger partial charge on any atom is 0.320 e. The van der Waals surface area contributed by atoms with Crippen molar-refractivity contribution in [2.75, 3.05) is 105 Å². The first kappa shape index (κ1) is 41.7. The molecule has 0 atom stereocenters. The van der Waals surface area contributed by atoms with E-state index in [0.717, 1.165) is 0 Å². The summed E-state index contributed by atoms with van der Waals surface area (Å²) < 4.78 is 22.0. The third-order valence-electron chi connectivity index (χ3n) is 6.42. The average molecular weight is 660 g/mol. The van der Waals surface area contributed by atoms with Crippen molar-refractivity contribution >= 4 is 23.8 Å². The number of ether oxygens (including phenoxy) is 4. The Morgan fingerprint density at radius 2 is 0.848 bits per heavy atom. The van der Waals surface area contributed by atoms with Crippen LogP contribution in [0.25, 0.3) is 0 Å². The Morgan fingerprint density at radius 1 is 0.543 bits per heavy atom. The number of nitrogens with zero attached hydrogens (tertiary/aromatic N) is 4. The second kappa shape index (κ2) is 20.1. The van der Waals surface area contributed by atoms with Gasteiger partial charge in [0.05, 0.1) is 46.0 Å². The van der Waals surface area contributed by atoms with Gasteiger partial charge in [0.1, 0.15) is 16.8 Å². The third-order valence-corrected chi connectivity index (χ3v) is 6.42. The Hall–Kier alpha value is -2.36. The Bertz CT molecular complexity index is 898. The van der Waals surface area contributed by atoms with Gasteiger partial charge in [-0.1, -0.05) is 0 Å². The Labute approximate surface area is 276 Å². The molecule has 0 radical (unpaired) electrons. The predicted octanol–water partition coefficient (Wildman–Crippen LogP) is 0.358. The van der Waals surface area contributed by atoms with E-state index in [2.05, 4.69) is 5.32 Å². The molecule has 1 aliphatic heterocycles. The molecule has 1 amide bonds. The van der Waals surface area contributed by atoms with E-state index in [1.165, 1.54) is 0 Å². The lowest BCUT2D eigenvalue weighted by atomic mass is 10.2. The van der Waals surface area contributed by atoms with Crippen molar-refractivity contribution in [1.82, 2.24) is 24.9 Å². The van der Waals surface area contributed by atoms with E-state index in [0.29, 0.717) is 65.5 Å². The Balaban J connectivity index is 3.16. The van der Waals surface area contributed by atoms with Gasteiger partial charge in [-0.05, 0) is 62.3 Å². The molecule has 0 aromatic rings. The van der Waals surface area contributed by atoms with E-state index >= 15 is 0 Å². The lowest BCUT2D eigenvalue weighted by Gasteiger charge is -2.34. The molecule has 46 heavy (non-hydrogen) atoms. The molecule has 0 aromatic carbocycles. The van der Waals surface area contributed by atoms with Crippen molar-refractivity contribution in [3.05, 3.63) is 0 Å². The van der Waals surface area contributed by atoms with Gasteiger partial charge in [0.2, 0.25) is 5.91 Å². The van der Waals surface area contributed by atoms with Crippen LogP contribution in [-0.4, -0.2) is 170 Å². The van der Waals surface area contributed by atoms with Crippen LogP contribution in [0.5, 0.6) is 0 Å². The topological polar surface area (TPSA) is 150 Å². The zero-order chi connectivity index (χ0) is 35.0. The highest BCUT2D eigenvalue weighted by Crippen LogP contribution is 2.11. The molecule has 0 aliphatic carbocycles. The van der Waals surface area contributed by atoms with Crippen LogP contribution in [0.2, 0.25) is 0 Å². The molecule has 0 saturated carbocycles. The maximum atomic E-state index is 12.8. The number of rotatable bonds is 13. The lowest BCUT2D eigenvalue weighted by Crippen LogP contribution is -2.50. The summed E-state index contributed by atoms with van der Waals surface area (Å²) in [6.45, 7) is 21.2. The molecular formula is C32H61N5O9. The fourth-order valence-electron chi connectivity index (χ4n) is 4.57. The summed E-state index contributed by atoms with van der Waals surface area (Å²) in [4.78, 5) is 59.2. The van der Waals surface area contributed by atoms with Crippen molar-refractivity contribution in [1.29, 1.82) is 0 Å². The standard InChI is InChI=1S/C32H61N5O9/c1-30(2,3)44-27(40)23-35-13-11-34(22-26(39)33-10-20-43-21-19-38)12-14-36(24-28(41)45-31(4,5)6)16-18-37(17-15-35)25-29(42)46-32(7,8)9/h38H,10-25H2,1-9H3,(H,33,39). The summed E-state index contributed by atoms with van der Waals surface area (Å²) in [6.07, 6.45) is 0. The summed E-state index contributed by atoms with van der Waals surface area (Å²) in [5, 5.41) is 11.7. The van der Waals surface area contributed by atoms with Crippen molar-refractivity contribution in [3.8, 4) is 0 Å². The molecule has 2 N–H and O–H groups in total. The number of hydrogen-bond donors (Lipinski definition) is 2. The van der Waals surface area contributed by atoms with Crippen LogP contribution in [0.4, 0.5) is 0 Å². The highest BCUT2D eigenvalue weighted by molar-refractivity contribution is 5.78. The summed E-state index contributed by atoms with van der Waals surface area (Å²) in [5.41, 5.74) is -1.89. The van der Waals surface area contributed by atoms with Gasteiger partial charge in [-0.3, -0.25) is 38.8 Å². The molecular weight excluding hydrogens is 598 g/mol. The molecule has 1 fully saturated rings. The van der Waals surface area contributed by atoms with Crippen LogP contribution in [0.1, 0.15) is 62.3 Å². The number of nitrogens with one attached hydrogen (secondary N) is 1. The molecule has 0 bridgehead atoms. The normalized spacial score (nSPS) is 17.4. The number of carbonyl (C=O) groups is 4. The quantitative estimate of drug-likeness (QED) is 0.159. The van der Waals surface area contributed by atoms with Gasteiger partial charge < -0.3 is 29.4 Å². The van der Waals surface area contributed by atoms with E-state index in [4.69, 9.17) is 24.1 Å². The van der Waals surface area contributed by atoms with Crippen LogP contribution in [0, 0.1) is 0 Å². The van der Waals surface area contributed by atoms with Gasteiger partial charge in [-0.25, -0.2) is 0 Å². The Morgan fingerprint density at radius 3 is 1.13 bits per heavy atom. The van der Waals surface area contributed by atoms with Crippen molar-refractivity contribution < 1.29 is 43.2 Å². The van der Waals surface area contributed by atoms with Crippen LogP contribution in [0.15, 0.2) is 0 Å². The minimum atomic E-state index is -0.630. The van der Waals surface area contributed by atoms with E-state index < -0.39 is 16.8 Å². The molecule has 0 unspecified atom stereocenters. The van der Waals surface area contributed by atoms with E-state index in [9.17, 15) is 19.2 Å². The SMILES string of the molecule is CC(C)(C)OC(=O)CN1CCN(CC(=O)NCCOCCO)CCN(CC(=O)OC(C)(C)C)CCN(CC(=O)OC(C)(C)C)CC1. The van der Waals surface area contributed by atoms with Gasteiger partial charge >= 0.3 is 17.9 Å². The third kappa shape index (κ3) is 22.2. The minimum absolute atomic E-state index is 0.0601. The first-order chi connectivity index (χ1) is 21.2. The molecule has 0 spiro atoms. The van der Waals surface area contributed by atoms with Crippen molar-refractivity contribution in [2.45, 2.75) is 79.1 Å². The van der Waals surface area contributed by atoms with Gasteiger partial charge in [0.15, 0.2) is 0 Å². The highest BCUT2D eigenvalue weighted by atomic mass is 16.6. The van der Waals surface area contributed by atoms with Crippen LogP contribution >= 0.6 is 0 Å². The number of amides is 1. The van der Waals surface area contributed by atoms with Gasteiger partial charge in [-0.15, -0.1) is 0 Å². The molecule has 0 aromatic heterocycles.